The summed E-state index contributed by atoms with van der Waals surface area (Å²) < 4.78 is 16.4. The lowest BCUT2D eigenvalue weighted by Crippen LogP contribution is -2.48. The smallest absolute Gasteiger partial charge is 0.168 e. The molecule has 0 aliphatic heterocycles. The first-order valence-corrected chi connectivity index (χ1v) is 6.00. The number of methoxy groups -OCH3 is 2. The van der Waals surface area contributed by atoms with Gasteiger partial charge in [0.1, 0.15) is 0 Å². The van der Waals surface area contributed by atoms with E-state index in [-0.39, 0.29) is 5.79 Å². The summed E-state index contributed by atoms with van der Waals surface area (Å²) in [5.41, 5.74) is 1.22. The molecule has 0 spiro atoms. The minimum Gasteiger partial charge on any atom is -0.376 e. The zero-order chi connectivity index (χ0) is 12.1. The van der Waals surface area contributed by atoms with Gasteiger partial charge in [-0.2, -0.15) is 0 Å². The lowest BCUT2D eigenvalue weighted by molar-refractivity contribution is -0.275. The van der Waals surface area contributed by atoms with E-state index in [0.29, 0.717) is 12.5 Å². The highest BCUT2D eigenvalue weighted by Gasteiger charge is 2.44. The third-order valence-corrected chi connectivity index (χ3v) is 3.41. The SMILES string of the molecule is COC1(OC)CC(COCc2ccccc2)C1. The molecule has 1 aliphatic rings. The van der Waals surface area contributed by atoms with Gasteiger partial charge in [0.25, 0.3) is 0 Å². The zero-order valence-electron chi connectivity index (χ0n) is 10.5. The van der Waals surface area contributed by atoms with Crippen LogP contribution in [0, 0.1) is 5.92 Å². The van der Waals surface area contributed by atoms with E-state index < -0.39 is 0 Å². The molecule has 3 heteroatoms. The first-order valence-electron chi connectivity index (χ1n) is 6.00. The van der Waals surface area contributed by atoms with Gasteiger partial charge in [0.05, 0.1) is 13.2 Å². The summed E-state index contributed by atoms with van der Waals surface area (Å²) in [5.74, 6) is 0.208. The van der Waals surface area contributed by atoms with E-state index >= 15 is 0 Å². The molecular formula is C14H20O3. The Hall–Kier alpha value is -0.900. The molecule has 0 saturated heterocycles. The van der Waals surface area contributed by atoms with Crippen molar-refractivity contribution in [1.82, 2.24) is 0 Å². The molecule has 2 rings (SSSR count). The Morgan fingerprint density at radius 3 is 2.35 bits per heavy atom. The Balaban J connectivity index is 1.65. The van der Waals surface area contributed by atoms with Crippen LogP contribution in [0.2, 0.25) is 0 Å². The Morgan fingerprint density at radius 1 is 1.12 bits per heavy atom. The molecule has 0 amide bonds. The normalized spacial score (nSPS) is 18.9. The molecular weight excluding hydrogens is 216 g/mol. The van der Waals surface area contributed by atoms with Crippen molar-refractivity contribution < 1.29 is 14.2 Å². The number of rotatable bonds is 6. The minimum absolute atomic E-state index is 0.346. The molecule has 3 nitrogen and oxygen atoms in total. The van der Waals surface area contributed by atoms with E-state index in [1.54, 1.807) is 14.2 Å². The van der Waals surface area contributed by atoms with E-state index in [0.717, 1.165) is 19.4 Å². The van der Waals surface area contributed by atoms with Gasteiger partial charge >= 0.3 is 0 Å². The van der Waals surface area contributed by atoms with Crippen LogP contribution in [0.4, 0.5) is 0 Å². The molecule has 1 fully saturated rings. The number of benzene rings is 1. The van der Waals surface area contributed by atoms with Crippen molar-refractivity contribution in [1.29, 1.82) is 0 Å². The summed E-state index contributed by atoms with van der Waals surface area (Å²) in [7, 11) is 3.40. The summed E-state index contributed by atoms with van der Waals surface area (Å²) in [6.45, 7) is 1.47. The maximum atomic E-state index is 5.69. The summed E-state index contributed by atoms with van der Waals surface area (Å²) in [6.07, 6.45) is 1.85. The second-order valence-electron chi connectivity index (χ2n) is 4.59. The van der Waals surface area contributed by atoms with Crippen molar-refractivity contribution in [3.05, 3.63) is 35.9 Å². The van der Waals surface area contributed by atoms with Gasteiger partial charge in [0, 0.05) is 27.1 Å². The average Bonchev–Trinajstić information content (AvgIpc) is 2.34. The summed E-state index contributed by atoms with van der Waals surface area (Å²) >= 11 is 0. The molecule has 0 aromatic heterocycles. The Kier molecular flexibility index (Phi) is 4.15. The van der Waals surface area contributed by atoms with Gasteiger partial charge in [0.15, 0.2) is 5.79 Å². The molecule has 0 bridgehead atoms. The van der Waals surface area contributed by atoms with Gasteiger partial charge in [-0.1, -0.05) is 30.3 Å². The second-order valence-corrected chi connectivity index (χ2v) is 4.59. The van der Waals surface area contributed by atoms with Crippen molar-refractivity contribution in [2.75, 3.05) is 20.8 Å². The van der Waals surface area contributed by atoms with Crippen LogP contribution >= 0.6 is 0 Å². The van der Waals surface area contributed by atoms with Gasteiger partial charge in [-0.25, -0.2) is 0 Å². The van der Waals surface area contributed by atoms with Crippen LogP contribution in [0.3, 0.4) is 0 Å². The average molecular weight is 236 g/mol. The fraction of sp³-hybridized carbons (Fsp3) is 0.571. The monoisotopic (exact) mass is 236 g/mol. The minimum atomic E-state index is -0.346. The van der Waals surface area contributed by atoms with Gasteiger partial charge in [0.2, 0.25) is 0 Å². The number of hydrogen-bond donors (Lipinski definition) is 0. The molecule has 1 aromatic carbocycles. The van der Waals surface area contributed by atoms with Crippen molar-refractivity contribution in [3.63, 3.8) is 0 Å². The second kappa shape index (κ2) is 5.63. The van der Waals surface area contributed by atoms with Crippen LogP contribution < -0.4 is 0 Å². The standard InChI is InChI=1S/C14H20O3/c1-15-14(16-2)8-13(9-14)11-17-10-12-6-4-3-5-7-12/h3-7,13H,8-11H2,1-2H3. The van der Waals surface area contributed by atoms with E-state index in [9.17, 15) is 0 Å². The molecule has 1 saturated carbocycles. The van der Waals surface area contributed by atoms with Gasteiger partial charge in [-0.05, 0) is 11.5 Å². The van der Waals surface area contributed by atoms with Gasteiger partial charge < -0.3 is 14.2 Å². The summed E-state index contributed by atoms with van der Waals surface area (Å²) in [5, 5.41) is 0. The third kappa shape index (κ3) is 3.06. The fourth-order valence-corrected chi connectivity index (χ4v) is 2.27. The van der Waals surface area contributed by atoms with Crippen molar-refractivity contribution in [2.45, 2.75) is 25.2 Å². The van der Waals surface area contributed by atoms with Crippen LogP contribution in [-0.4, -0.2) is 26.6 Å². The molecule has 0 heterocycles. The van der Waals surface area contributed by atoms with E-state index in [4.69, 9.17) is 14.2 Å². The molecule has 94 valence electrons. The first-order chi connectivity index (χ1) is 8.28. The van der Waals surface area contributed by atoms with E-state index in [1.165, 1.54) is 5.56 Å². The Labute approximate surface area is 103 Å². The fourth-order valence-electron chi connectivity index (χ4n) is 2.27. The maximum absolute atomic E-state index is 5.69. The highest BCUT2D eigenvalue weighted by atomic mass is 16.7. The Morgan fingerprint density at radius 2 is 1.76 bits per heavy atom. The number of ether oxygens (including phenoxy) is 3. The molecule has 1 aliphatic carbocycles. The quantitative estimate of drug-likeness (QED) is 0.711. The van der Waals surface area contributed by atoms with Crippen LogP contribution in [-0.2, 0) is 20.8 Å². The highest BCUT2D eigenvalue weighted by Crippen LogP contribution is 2.41. The van der Waals surface area contributed by atoms with Gasteiger partial charge in [-0.3, -0.25) is 0 Å². The topological polar surface area (TPSA) is 27.7 Å². The largest absolute Gasteiger partial charge is 0.376 e. The predicted octanol–water partition coefficient (Wildman–Crippen LogP) is 2.60. The lowest BCUT2D eigenvalue weighted by atomic mass is 9.79. The molecule has 17 heavy (non-hydrogen) atoms. The van der Waals surface area contributed by atoms with Crippen molar-refractivity contribution in [3.8, 4) is 0 Å². The van der Waals surface area contributed by atoms with E-state index in [1.807, 2.05) is 18.2 Å². The van der Waals surface area contributed by atoms with Crippen LogP contribution in [0.1, 0.15) is 18.4 Å². The van der Waals surface area contributed by atoms with Crippen LogP contribution in [0.5, 0.6) is 0 Å². The number of hydrogen-bond acceptors (Lipinski definition) is 3. The predicted molar refractivity (Wildman–Crippen MR) is 65.6 cm³/mol. The van der Waals surface area contributed by atoms with Crippen LogP contribution in [0.25, 0.3) is 0 Å². The summed E-state index contributed by atoms with van der Waals surface area (Å²) in [6, 6.07) is 10.2. The molecule has 0 atom stereocenters. The molecule has 1 aromatic rings. The first kappa shape index (κ1) is 12.6. The highest BCUT2D eigenvalue weighted by molar-refractivity contribution is 5.13. The molecule has 0 N–H and O–H groups in total. The zero-order valence-corrected chi connectivity index (χ0v) is 10.5. The third-order valence-electron chi connectivity index (χ3n) is 3.41. The summed E-state index contributed by atoms with van der Waals surface area (Å²) in [4.78, 5) is 0. The molecule has 0 unspecified atom stereocenters. The maximum Gasteiger partial charge on any atom is 0.168 e. The molecule has 0 radical (unpaired) electrons. The van der Waals surface area contributed by atoms with Crippen molar-refractivity contribution in [2.24, 2.45) is 5.92 Å². The Bertz CT molecular complexity index is 325. The van der Waals surface area contributed by atoms with E-state index in [2.05, 4.69) is 12.1 Å². The van der Waals surface area contributed by atoms with Crippen molar-refractivity contribution >= 4 is 0 Å². The lowest BCUT2D eigenvalue weighted by Gasteiger charge is -2.44. The van der Waals surface area contributed by atoms with Crippen LogP contribution in [0.15, 0.2) is 30.3 Å². The van der Waals surface area contributed by atoms with Gasteiger partial charge in [-0.15, -0.1) is 0 Å².